The molecule has 0 radical (unpaired) electrons. The Labute approximate surface area is 254 Å². The Hall–Kier alpha value is -5.08. The molecule has 0 saturated carbocycles. The maximum atomic E-state index is 9.60. The largest absolute Gasteiger partial charge is 0.309 e. The van der Waals surface area contributed by atoms with Gasteiger partial charge in [-0.15, -0.1) is 0 Å². The van der Waals surface area contributed by atoms with Gasteiger partial charge >= 0.3 is 0 Å². The molecule has 0 spiro atoms. The molecule has 0 amide bonds. The van der Waals surface area contributed by atoms with Crippen LogP contribution >= 0.6 is 0 Å². The zero-order valence-electron chi connectivity index (χ0n) is 42.9. The predicted octanol–water partition coefficient (Wildman–Crippen LogP) is 9.55. The first kappa shape index (κ1) is 8.21. The molecule has 6 aromatic carbocycles. The molecular formula is C36H24N2. The smallest absolute Gasteiger partial charge is 0.0645 e. The van der Waals surface area contributed by atoms with Crippen molar-refractivity contribution in [3.63, 3.8) is 0 Å². The van der Waals surface area contributed by atoms with Gasteiger partial charge in [0.15, 0.2) is 0 Å². The van der Waals surface area contributed by atoms with Gasteiger partial charge in [0, 0.05) is 32.9 Å². The molecule has 8 rings (SSSR count). The summed E-state index contributed by atoms with van der Waals surface area (Å²) < 4.78 is 212. The van der Waals surface area contributed by atoms with Crippen LogP contribution in [0.5, 0.6) is 0 Å². The number of fused-ring (bicyclic) bond motifs is 6. The first-order valence-corrected chi connectivity index (χ1v) is 11.1. The van der Waals surface area contributed by atoms with Crippen LogP contribution in [0.3, 0.4) is 0 Å². The second-order valence-corrected chi connectivity index (χ2v) is 8.01. The van der Waals surface area contributed by atoms with Crippen LogP contribution in [0.4, 0.5) is 0 Å². The van der Waals surface area contributed by atoms with Crippen molar-refractivity contribution in [3.8, 4) is 22.5 Å². The van der Waals surface area contributed by atoms with E-state index < -0.39 is 211 Å². The van der Waals surface area contributed by atoms with E-state index in [1.165, 1.54) is 0 Å². The van der Waals surface area contributed by atoms with Crippen molar-refractivity contribution in [2.24, 2.45) is 0 Å². The third-order valence-electron chi connectivity index (χ3n) is 5.99. The van der Waals surface area contributed by atoms with Crippen LogP contribution in [0.1, 0.15) is 32.9 Å². The van der Waals surface area contributed by atoms with Crippen LogP contribution in [-0.2, 0) is 0 Å². The van der Waals surface area contributed by atoms with Crippen molar-refractivity contribution in [1.82, 2.24) is 9.13 Å². The summed E-state index contributed by atoms with van der Waals surface area (Å²) in [5.74, 6) is 0. The van der Waals surface area contributed by atoms with Gasteiger partial charge in [-0.1, -0.05) is 84.6 Å². The minimum atomic E-state index is -0.966. The number of benzene rings is 6. The number of nitrogens with zero attached hydrogens (tertiary/aromatic N) is 2. The van der Waals surface area contributed by atoms with Crippen LogP contribution in [0.2, 0.25) is 0 Å². The molecule has 0 saturated heterocycles. The Kier molecular flexibility index (Phi) is 1.78. The summed E-state index contributed by atoms with van der Waals surface area (Å²) in [7, 11) is 0. The first-order valence-electron chi connectivity index (χ1n) is 23.1. The molecule has 0 bridgehead atoms. The zero-order valence-corrected chi connectivity index (χ0v) is 18.9. The third kappa shape index (κ3) is 3.07. The highest BCUT2D eigenvalue weighted by molar-refractivity contribution is 6.12. The Morgan fingerprint density at radius 2 is 0.711 bits per heavy atom. The van der Waals surface area contributed by atoms with Gasteiger partial charge < -0.3 is 9.13 Å². The van der Waals surface area contributed by atoms with Crippen LogP contribution in [0.15, 0.2) is 145 Å². The highest BCUT2D eigenvalue weighted by Gasteiger charge is 2.15. The standard InChI is InChI=1S/C36H24N2/c1-3-11-27(12-4-1)37-33-17-9-7-15-29(33)31-23-25(19-21-35(31)37)26-20-22-36-32(24-26)30-16-8-10-18-34(30)38(36)28-13-5-2-6-14-28/h1-24H/i1D,2D,3D,4D,5D,6D,7D,8D,9D,10D,11D,12D,13D,14D,15D,16D,17D,18D,19D,20D,21D,22D,23D,24D. The normalized spacial score (nSPS) is 20.5. The van der Waals surface area contributed by atoms with E-state index >= 15 is 0 Å². The van der Waals surface area contributed by atoms with Crippen molar-refractivity contribution in [1.29, 1.82) is 0 Å². The highest BCUT2D eigenvalue weighted by Crippen LogP contribution is 2.38. The second kappa shape index (κ2) is 8.22. The fraction of sp³-hybridized carbons (Fsp3) is 0. The number of hydrogen-bond donors (Lipinski definition) is 0. The van der Waals surface area contributed by atoms with Crippen molar-refractivity contribution in [3.05, 3.63) is 145 Å². The summed E-state index contributed by atoms with van der Waals surface area (Å²) in [6, 6.07) is -20.6. The van der Waals surface area contributed by atoms with Gasteiger partial charge in [-0.3, -0.25) is 0 Å². The second-order valence-electron chi connectivity index (χ2n) is 8.01. The summed E-state index contributed by atoms with van der Waals surface area (Å²) in [5.41, 5.74) is -5.12. The SMILES string of the molecule is [2H]c1c([2H])c([2H])c(-n2c3c([2H])c([2H])c([2H])c([2H])c3c3c([2H])c(-c4c([2H])c([2H])c5c(c4[2H])c4c([2H])c([2H])c([2H])c([2H])c4n5-c4c([2H])c([2H])c([2H])c([2H])c4[2H])c([2H])c([2H])c32)c([2H])c1[2H]. The molecule has 178 valence electrons. The number of para-hydroxylation sites is 4. The van der Waals surface area contributed by atoms with Crippen molar-refractivity contribution in [2.45, 2.75) is 0 Å². The van der Waals surface area contributed by atoms with E-state index in [1.807, 2.05) is 0 Å². The number of aromatic nitrogens is 2. The fourth-order valence-corrected chi connectivity index (χ4v) is 4.44. The van der Waals surface area contributed by atoms with E-state index in [9.17, 15) is 8.22 Å². The molecule has 0 aliphatic heterocycles. The Morgan fingerprint density at radius 1 is 0.342 bits per heavy atom. The predicted molar refractivity (Wildman–Crippen MR) is 161 cm³/mol. The summed E-state index contributed by atoms with van der Waals surface area (Å²) in [6.45, 7) is 0. The molecule has 0 unspecified atom stereocenters. The molecular weight excluding hydrogens is 460 g/mol. The van der Waals surface area contributed by atoms with Gasteiger partial charge in [0.2, 0.25) is 0 Å². The quantitative estimate of drug-likeness (QED) is 0.225. The van der Waals surface area contributed by atoms with Gasteiger partial charge in [-0.2, -0.15) is 0 Å². The average molecular weight is 509 g/mol. The number of rotatable bonds is 3. The summed E-state index contributed by atoms with van der Waals surface area (Å²) in [6.07, 6.45) is 0. The molecule has 0 atom stereocenters. The highest BCUT2D eigenvalue weighted by atomic mass is 15.0. The molecule has 0 aliphatic carbocycles. The van der Waals surface area contributed by atoms with Crippen LogP contribution in [0, 0.1) is 0 Å². The van der Waals surface area contributed by atoms with E-state index in [2.05, 4.69) is 0 Å². The molecule has 2 nitrogen and oxygen atoms in total. The minimum absolute atomic E-state index is 0.505. The lowest BCUT2D eigenvalue weighted by Crippen LogP contribution is -1.93. The van der Waals surface area contributed by atoms with E-state index in [0.29, 0.717) is 0 Å². The first-order chi connectivity index (χ1) is 28.9. The fourth-order valence-electron chi connectivity index (χ4n) is 4.44. The topological polar surface area (TPSA) is 9.86 Å². The average Bonchev–Trinajstić information content (AvgIpc) is 3.78. The zero-order chi connectivity index (χ0) is 45.9. The van der Waals surface area contributed by atoms with Gasteiger partial charge in [0.25, 0.3) is 0 Å². The molecule has 2 heteroatoms. The summed E-state index contributed by atoms with van der Waals surface area (Å²) in [5, 5.41) is -2.09. The Balaban J connectivity index is 1.65. The maximum Gasteiger partial charge on any atom is 0.0645 e. The van der Waals surface area contributed by atoms with Crippen LogP contribution < -0.4 is 0 Å². The molecule has 8 aromatic rings. The summed E-state index contributed by atoms with van der Waals surface area (Å²) >= 11 is 0. The van der Waals surface area contributed by atoms with E-state index in [-0.39, 0.29) is 0 Å². The molecule has 38 heavy (non-hydrogen) atoms. The molecule has 2 aromatic heterocycles. The van der Waals surface area contributed by atoms with Gasteiger partial charge in [0.1, 0.15) is 0 Å². The minimum Gasteiger partial charge on any atom is -0.309 e. The molecule has 0 N–H and O–H groups in total. The van der Waals surface area contributed by atoms with E-state index in [0.717, 1.165) is 9.13 Å². The monoisotopic (exact) mass is 508 g/mol. The maximum absolute atomic E-state index is 9.60. The third-order valence-corrected chi connectivity index (χ3v) is 5.99. The van der Waals surface area contributed by atoms with Crippen molar-refractivity contribution in [2.75, 3.05) is 0 Å². The molecule has 2 heterocycles. The van der Waals surface area contributed by atoms with Gasteiger partial charge in [-0.05, 0) is 71.6 Å². The lowest BCUT2D eigenvalue weighted by molar-refractivity contribution is 1.18. The van der Waals surface area contributed by atoms with E-state index in [4.69, 9.17) is 24.7 Å². The number of hydrogen-bond acceptors (Lipinski definition) is 0. The van der Waals surface area contributed by atoms with E-state index in [1.54, 1.807) is 0 Å². The summed E-state index contributed by atoms with van der Waals surface area (Å²) in [4.78, 5) is 0. The lowest BCUT2D eigenvalue weighted by atomic mass is 10.0. The van der Waals surface area contributed by atoms with Gasteiger partial charge in [0.05, 0.1) is 55.0 Å². The molecule has 0 aliphatic rings. The van der Waals surface area contributed by atoms with Crippen LogP contribution in [0.25, 0.3) is 66.1 Å². The lowest BCUT2D eigenvalue weighted by Gasteiger charge is -2.09. The van der Waals surface area contributed by atoms with Gasteiger partial charge in [-0.25, -0.2) is 0 Å². The van der Waals surface area contributed by atoms with Crippen molar-refractivity contribution >= 4 is 43.6 Å². The molecule has 0 fully saturated rings. The Morgan fingerprint density at radius 3 is 1.16 bits per heavy atom. The van der Waals surface area contributed by atoms with Crippen LogP contribution in [-0.4, -0.2) is 9.13 Å². The Bertz CT molecular complexity index is 3170. The van der Waals surface area contributed by atoms with Crippen molar-refractivity contribution < 1.29 is 32.9 Å².